The smallest absolute Gasteiger partial charge is 0.274 e. The van der Waals surface area contributed by atoms with Crippen LogP contribution in [0.4, 0.5) is 0 Å². The third-order valence-electron chi connectivity index (χ3n) is 5.08. The Bertz CT molecular complexity index is 765. The number of piperidine rings is 1. The molecule has 1 aliphatic heterocycles. The van der Waals surface area contributed by atoms with Gasteiger partial charge in [0.05, 0.1) is 17.8 Å². The van der Waals surface area contributed by atoms with Crippen molar-refractivity contribution in [1.82, 2.24) is 25.6 Å². The van der Waals surface area contributed by atoms with Crippen molar-refractivity contribution in [1.29, 1.82) is 0 Å². The molecule has 7 heteroatoms. The van der Waals surface area contributed by atoms with E-state index in [9.17, 15) is 4.79 Å². The summed E-state index contributed by atoms with van der Waals surface area (Å²) in [5.41, 5.74) is 2.29. The monoisotopic (exact) mass is 389 g/mol. The molecule has 1 amide bonds. The lowest BCUT2D eigenvalue weighted by atomic mass is 9.97. The summed E-state index contributed by atoms with van der Waals surface area (Å²) in [4.78, 5) is 12.9. The van der Waals surface area contributed by atoms with Crippen LogP contribution in [0.25, 0.3) is 0 Å². The van der Waals surface area contributed by atoms with Crippen LogP contribution >= 0.6 is 11.6 Å². The summed E-state index contributed by atoms with van der Waals surface area (Å²) in [6.07, 6.45) is 2.85. The minimum atomic E-state index is -0.173. The second kappa shape index (κ2) is 8.85. The molecular formula is C20H28ClN5O. The van der Waals surface area contributed by atoms with Crippen molar-refractivity contribution in [2.45, 2.75) is 52.1 Å². The zero-order valence-electron chi connectivity index (χ0n) is 16.2. The highest BCUT2D eigenvalue weighted by atomic mass is 35.5. The Kier molecular flexibility index (Phi) is 6.50. The van der Waals surface area contributed by atoms with Crippen LogP contribution in [-0.2, 0) is 0 Å². The van der Waals surface area contributed by atoms with Crippen LogP contribution < -0.4 is 10.6 Å². The van der Waals surface area contributed by atoms with Gasteiger partial charge >= 0.3 is 0 Å². The Morgan fingerprint density at radius 1 is 1.30 bits per heavy atom. The van der Waals surface area contributed by atoms with Crippen LogP contribution in [0, 0.1) is 12.8 Å². The molecule has 2 N–H and O–H groups in total. The maximum atomic E-state index is 12.9. The van der Waals surface area contributed by atoms with Gasteiger partial charge in [-0.25, -0.2) is 4.68 Å². The molecule has 6 nitrogen and oxygen atoms in total. The number of benzene rings is 1. The van der Waals surface area contributed by atoms with Crippen LogP contribution in [0.15, 0.2) is 24.3 Å². The van der Waals surface area contributed by atoms with Gasteiger partial charge in [0, 0.05) is 5.02 Å². The molecule has 0 radical (unpaired) electrons. The maximum Gasteiger partial charge on any atom is 0.274 e. The second-order valence-electron chi connectivity index (χ2n) is 7.66. The number of aromatic nitrogens is 3. The van der Waals surface area contributed by atoms with Crippen LogP contribution in [-0.4, -0.2) is 34.0 Å². The molecule has 0 saturated carbocycles. The number of rotatable bonds is 6. The summed E-state index contributed by atoms with van der Waals surface area (Å²) in [6, 6.07) is 7.87. The molecule has 1 unspecified atom stereocenters. The maximum absolute atomic E-state index is 12.9. The summed E-state index contributed by atoms with van der Waals surface area (Å²) in [5.74, 6) is 0.269. The molecule has 0 bridgehead atoms. The molecule has 1 aromatic heterocycles. The van der Waals surface area contributed by atoms with E-state index in [0.29, 0.717) is 22.7 Å². The van der Waals surface area contributed by atoms with Gasteiger partial charge in [-0.05, 0) is 62.9 Å². The van der Waals surface area contributed by atoms with Gasteiger partial charge < -0.3 is 10.6 Å². The molecule has 3 rings (SSSR count). The molecule has 1 saturated heterocycles. The van der Waals surface area contributed by atoms with E-state index in [2.05, 4.69) is 34.8 Å². The van der Waals surface area contributed by atoms with Gasteiger partial charge in [-0.2, -0.15) is 0 Å². The molecule has 2 heterocycles. The standard InChI is InChI=1S/C20H28ClN5O/c1-13(2)12-18(15-4-6-16(21)7-5-15)23-20(27)19-14(3)26(25-24-19)17-8-10-22-11-9-17/h4-7,13,17-18,22H,8-12H2,1-3H3,(H,23,27). The van der Waals surface area contributed by atoms with Crippen molar-refractivity contribution in [3.05, 3.63) is 46.2 Å². The number of nitrogens with one attached hydrogen (secondary N) is 2. The highest BCUT2D eigenvalue weighted by Gasteiger charge is 2.25. The highest BCUT2D eigenvalue weighted by molar-refractivity contribution is 6.30. The van der Waals surface area contributed by atoms with Gasteiger partial charge in [-0.3, -0.25) is 4.79 Å². The minimum Gasteiger partial charge on any atom is -0.344 e. The lowest BCUT2D eigenvalue weighted by Crippen LogP contribution is -2.31. The number of halogens is 1. The van der Waals surface area contributed by atoms with E-state index in [1.807, 2.05) is 35.9 Å². The van der Waals surface area contributed by atoms with Crippen molar-refractivity contribution in [2.24, 2.45) is 5.92 Å². The molecule has 1 atom stereocenters. The zero-order chi connectivity index (χ0) is 19.4. The Labute approximate surface area is 165 Å². The quantitative estimate of drug-likeness (QED) is 0.790. The van der Waals surface area contributed by atoms with Gasteiger partial charge in [0.2, 0.25) is 0 Å². The van der Waals surface area contributed by atoms with E-state index in [0.717, 1.165) is 43.6 Å². The SMILES string of the molecule is Cc1c(C(=O)NC(CC(C)C)c2ccc(Cl)cc2)nnn1C1CCNCC1. The fourth-order valence-electron chi connectivity index (χ4n) is 3.62. The fourth-order valence-corrected chi connectivity index (χ4v) is 3.75. The molecule has 146 valence electrons. The minimum absolute atomic E-state index is 0.0850. The fraction of sp³-hybridized carbons (Fsp3) is 0.550. The number of carbonyl (C=O) groups is 1. The lowest BCUT2D eigenvalue weighted by molar-refractivity contribution is 0.0926. The predicted octanol–water partition coefficient (Wildman–Crippen LogP) is 3.68. The van der Waals surface area contributed by atoms with Crippen molar-refractivity contribution in [3.63, 3.8) is 0 Å². The molecule has 0 aliphatic carbocycles. The number of carbonyl (C=O) groups excluding carboxylic acids is 1. The molecule has 1 fully saturated rings. The predicted molar refractivity (Wildman–Crippen MR) is 107 cm³/mol. The Balaban J connectivity index is 1.77. The molecule has 1 aromatic carbocycles. The summed E-state index contributed by atoms with van der Waals surface area (Å²) in [6.45, 7) is 8.16. The first-order chi connectivity index (χ1) is 13.0. The summed E-state index contributed by atoms with van der Waals surface area (Å²) in [7, 11) is 0. The summed E-state index contributed by atoms with van der Waals surface area (Å²) < 4.78 is 1.91. The van der Waals surface area contributed by atoms with Gasteiger partial charge in [-0.1, -0.05) is 42.8 Å². The van der Waals surface area contributed by atoms with Crippen LogP contribution in [0.3, 0.4) is 0 Å². The number of hydrogen-bond acceptors (Lipinski definition) is 4. The summed E-state index contributed by atoms with van der Waals surface area (Å²) >= 11 is 6.01. The molecule has 2 aromatic rings. The third-order valence-corrected chi connectivity index (χ3v) is 5.33. The van der Waals surface area contributed by atoms with Gasteiger partial charge in [0.25, 0.3) is 5.91 Å². The van der Waals surface area contributed by atoms with E-state index in [-0.39, 0.29) is 11.9 Å². The largest absolute Gasteiger partial charge is 0.344 e. The van der Waals surface area contributed by atoms with Crippen LogP contribution in [0.1, 0.15) is 66.9 Å². The number of nitrogens with zero attached hydrogens (tertiary/aromatic N) is 3. The van der Waals surface area contributed by atoms with E-state index in [1.54, 1.807) is 0 Å². The van der Waals surface area contributed by atoms with Crippen molar-refractivity contribution < 1.29 is 4.79 Å². The van der Waals surface area contributed by atoms with Crippen LogP contribution in [0.2, 0.25) is 5.02 Å². The van der Waals surface area contributed by atoms with E-state index >= 15 is 0 Å². The Hall–Kier alpha value is -1.92. The van der Waals surface area contributed by atoms with Crippen molar-refractivity contribution in [2.75, 3.05) is 13.1 Å². The second-order valence-corrected chi connectivity index (χ2v) is 8.09. The number of amides is 1. The lowest BCUT2D eigenvalue weighted by Gasteiger charge is -2.23. The Morgan fingerprint density at radius 2 is 1.96 bits per heavy atom. The van der Waals surface area contributed by atoms with Crippen molar-refractivity contribution in [3.8, 4) is 0 Å². The van der Waals surface area contributed by atoms with Crippen LogP contribution in [0.5, 0.6) is 0 Å². The van der Waals surface area contributed by atoms with E-state index in [4.69, 9.17) is 11.6 Å². The third kappa shape index (κ3) is 4.87. The molecular weight excluding hydrogens is 362 g/mol. The highest BCUT2D eigenvalue weighted by Crippen LogP contribution is 2.24. The van der Waals surface area contributed by atoms with Gasteiger partial charge in [0.1, 0.15) is 0 Å². The van der Waals surface area contributed by atoms with E-state index < -0.39 is 0 Å². The zero-order valence-corrected chi connectivity index (χ0v) is 17.0. The Morgan fingerprint density at radius 3 is 2.59 bits per heavy atom. The van der Waals surface area contributed by atoms with Gasteiger partial charge in [-0.15, -0.1) is 5.10 Å². The first kappa shape index (κ1) is 19.8. The topological polar surface area (TPSA) is 71.8 Å². The average molecular weight is 390 g/mol. The first-order valence-electron chi connectivity index (χ1n) is 9.64. The molecule has 0 spiro atoms. The number of hydrogen-bond donors (Lipinski definition) is 2. The van der Waals surface area contributed by atoms with Gasteiger partial charge in [0.15, 0.2) is 5.69 Å². The normalized spacial score (nSPS) is 16.5. The first-order valence-corrected chi connectivity index (χ1v) is 10.0. The molecule has 27 heavy (non-hydrogen) atoms. The van der Waals surface area contributed by atoms with Crippen molar-refractivity contribution >= 4 is 17.5 Å². The average Bonchev–Trinajstić information content (AvgIpc) is 3.03. The van der Waals surface area contributed by atoms with E-state index in [1.165, 1.54) is 0 Å². The molecule has 1 aliphatic rings. The summed E-state index contributed by atoms with van der Waals surface area (Å²) in [5, 5.41) is 15.6.